The number of amides is 1. The summed E-state index contributed by atoms with van der Waals surface area (Å²) in [7, 11) is -3.64. The van der Waals surface area contributed by atoms with Gasteiger partial charge in [-0.25, -0.2) is 18.7 Å². The van der Waals surface area contributed by atoms with Crippen molar-refractivity contribution in [1.29, 1.82) is 0 Å². The predicted molar refractivity (Wildman–Crippen MR) is 90.3 cm³/mol. The first-order chi connectivity index (χ1) is 11.6. The molecule has 11 nitrogen and oxygen atoms in total. The van der Waals surface area contributed by atoms with Gasteiger partial charge in [0.25, 0.3) is 5.69 Å². The minimum atomic E-state index is -3.64. The van der Waals surface area contributed by atoms with Gasteiger partial charge in [-0.2, -0.15) is 5.10 Å². The Bertz CT molecular complexity index is 892. The Labute approximate surface area is 143 Å². The maximum Gasteiger partial charge on any atom is 0.281 e. The van der Waals surface area contributed by atoms with Crippen LogP contribution in [-0.4, -0.2) is 37.1 Å². The highest BCUT2D eigenvalue weighted by atomic mass is 32.2. The van der Waals surface area contributed by atoms with Crippen molar-refractivity contribution in [3.63, 3.8) is 0 Å². The van der Waals surface area contributed by atoms with Crippen LogP contribution in [-0.2, 0) is 14.8 Å². The summed E-state index contributed by atoms with van der Waals surface area (Å²) in [6.07, 6.45) is 1.09. The fourth-order valence-corrected chi connectivity index (χ4v) is 2.52. The van der Waals surface area contributed by atoms with E-state index in [1.54, 1.807) is 6.92 Å². The molecule has 0 bridgehead atoms. The summed E-state index contributed by atoms with van der Waals surface area (Å²) in [5, 5.41) is 18.7. The number of sulfonamides is 1. The minimum Gasteiger partial charge on any atom is -0.382 e. The number of rotatable bonds is 5. The standard InChI is InChI=1S/C13H16N6O5S/c1-7-5-11(20)15-16-12(7)8-3-4-9(10(6-8)19(21)22)13(14)17-18-25(2,23)24/h3-4,6-7,18H,5H2,1-2H3,(H2,14,17)(H,15,20). The van der Waals surface area contributed by atoms with Crippen LogP contribution in [0.15, 0.2) is 28.4 Å². The van der Waals surface area contributed by atoms with E-state index in [2.05, 4.69) is 15.6 Å². The lowest BCUT2D eigenvalue weighted by Crippen LogP contribution is -2.32. The average molecular weight is 368 g/mol. The van der Waals surface area contributed by atoms with E-state index in [4.69, 9.17) is 5.73 Å². The van der Waals surface area contributed by atoms with E-state index in [9.17, 15) is 23.3 Å². The number of carbonyl (C=O) groups excluding carboxylic acids is 1. The number of nitrogens with two attached hydrogens (primary N) is 1. The van der Waals surface area contributed by atoms with Crippen molar-refractivity contribution in [2.24, 2.45) is 21.9 Å². The fraction of sp³-hybridized carbons (Fsp3) is 0.308. The number of nitrogens with one attached hydrogen (secondary N) is 2. The molecule has 1 aromatic rings. The quantitative estimate of drug-likeness (QED) is 0.277. The zero-order valence-corrected chi connectivity index (χ0v) is 14.2. The van der Waals surface area contributed by atoms with Crippen molar-refractivity contribution in [2.45, 2.75) is 13.3 Å². The highest BCUT2D eigenvalue weighted by Crippen LogP contribution is 2.24. The third kappa shape index (κ3) is 4.50. The van der Waals surface area contributed by atoms with Crippen molar-refractivity contribution < 1.29 is 18.1 Å². The van der Waals surface area contributed by atoms with Gasteiger partial charge >= 0.3 is 0 Å². The molecular weight excluding hydrogens is 352 g/mol. The fourth-order valence-electron chi connectivity index (χ4n) is 2.25. The van der Waals surface area contributed by atoms with Crippen LogP contribution >= 0.6 is 0 Å². The van der Waals surface area contributed by atoms with Crippen molar-refractivity contribution in [3.8, 4) is 0 Å². The summed E-state index contributed by atoms with van der Waals surface area (Å²) in [5.41, 5.74) is 8.53. The molecule has 2 rings (SSSR count). The molecule has 1 aromatic carbocycles. The number of carbonyl (C=O) groups is 1. The zero-order chi connectivity index (χ0) is 18.8. The van der Waals surface area contributed by atoms with Gasteiger partial charge in [-0.1, -0.05) is 13.0 Å². The Balaban J connectivity index is 2.45. The van der Waals surface area contributed by atoms with Gasteiger partial charge in [0.2, 0.25) is 15.9 Å². The Morgan fingerprint density at radius 2 is 2.20 bits per heavy atom. The third-order valence-electron chi connectivity index (χ3n) is 3.36. The molecule has 0 aliphatic carbocycles. The van der Waals surface area contributed by atoms with Gasteiger partial charge in [0.05, 0.1) is 22.5 Å². The molecule has 1 heterocycles. The molecule has 1 atom stereocenters. The van der Waals surface area contributed by atoms with Crippen LogP contribution in [0.1, 0.15) is 24.5 Å². The summed E-state index contributed by atoms with van der Waals surface area (Å²) < 4.78 is 22.1. The number of hydrogen-bond donors (Lipinski definition) is 3. The third-order valence-corrected chi connectivity index (χ3v) is 3.78. The molecule has 134 valence electrons. The molecule has 0 saturated heterocycles. The van der Waals surface area contributed by atoms with E-state index in [1.807, 2.05) is 4.83 Å². The zero-order valence-electron chi connectivity index (χ0n) is 13.4. The molecule has 0 spiro atoms. The largest absolute Gasteiger partial charge is 0.382 e. The summed E-state index contributed by atoms with van der Waals surface area (Å²) in [4.78, 5) is 23.8. The van der Waals surface area contributed by atoms with Crippen molar-refractivity contribution >= 4 is 33.2 Å². The summed E-state index contributed by atoms with van der Waals surface area (Å²) in [6, 6.07) is 4.14. The van der Waals surface area contributed by atoms with Gasteiger partial charge < -0.3 is 5.73 Å². The van der Waals surface area contributed by atoms with Gasteiger partial charge in [-0.05, 0) is 6.07 Å². The number of nitro groups is 1. The molecule has 25 heavy (non-hydrogen) atoms. The molecule has 1 aliphatic heterocycles. The Morgan fingerprint density at radius 3 is 2.76 bits per heavy atom. The van der Waals surface area contributed by atoms with Crippen molar-refractivity contribution in [2.75, 3.05) is 6.26 Å². The molecule has 4 N–H and O–H groups in total. The van der Waals surface area contributed by atoms with Crippen LogP contribution < -0.4 is 16.0 Å². The van der Waals surface area contributed by atoms with Gasteiger partial charge in [0.1, 0.15) is 0 Å². The maximum atomic E-state index is 11.3. The minimum absolute atomic E-state index is 0.0435. The Morgan fingerprint density at radius 1 is 1.52 bits per heavy atom. The van der Waals surface area contributed by atoms with Crippen LogP contribution in [0.5, 0.6) is 0 Å². The molecule has 0 fully saturated rings. The van der Waals surface area contributed by atoms with Crippen LogP contribution in [0.4, 0.5) is 5.69 Å². The van der Waals surface area contributed by atoms with E-state index in [0.29, 0.717) is 11.3 Å². The number of amidine groups is 1. The monoisotopic (exact) mass is 368 g/mol. The van der Waals surface area contributed by atoms with Crippen LogP contribution in [0.25, 0.3) is 0 Å². The molecule has 1 aliphatic rings. The smallest absolute Gasteiger partial charge is 0.281 e. The van der Waals surface area contributed by atoms with Gasteiger partial charge in [0.15, 0.2) is 5.84 Å². The molecule has 0 aromatic heterocycles. The van der Waals surface area contributed by atoms with Gasteiger partial charge in [-0.15, -0.1) is 5.10 Å². The summed E-state index contributed by atoms with van der Waals surface area (Å²) >= 11 is 0. The first-order valence-corrected chi connectivity index (χ1v) is 8.93. The van der Waals surface area contributed by atoms with Gasteiger partial charge in [0, 0.05) is 24.0 Å². The topological polar surface area (TPSA) is 169 Å². The SMILES string of the molecule is CC1CC(=O)NN=C1c1ccc(C(N)=NNS(C)(=O)=O)c([N+](=O)[O-])c1. The van der Waals surface area contributed by atoms with Crippen molar-refractivity contribution in [1.82, 2.24) is 10.3 Å². The molecule has 0 radical (unpaired) electrons. The first kappa shape index (κ1) is 18.3. The highest BCUT2D eigenvalue weighted by molar-refractivity contribution is 7.88. The first-order valence-electron chi connectivity index (χ1n) is 7.04. The highest BCUT2D eigenvalue weighted by Gasteiger charge is 2.25. The molecule has 0 saturated carbocycles. The van der Waals surface area contributed by atoms with E-state index in [-0.39, 0.29) is 35.3 Å². The number of nitrogens with zero attached hydrogens (tertiary/aromatic N) is 3. The second kappa shape index (κ2) is 6.84. The second-order valence-corrected chi connectivity index (χ2v) is 7.21. The predicted octanol–water partition coefficient (Wildman–Crippen LogP) is -0.376. The number of nitro benzene ring substituents is 1. The Kier molecular flexibility index (Phi) is 5.02. The van der Waals surface area contributed by atoms with E-state index < -0.39 is 14.9 Å². The summed E-state index contributed by atoms with van der Waals surface area (Å²) in [5.74, 6) is -0.793. The van der Waals surface area contributed by atoms with E-state index in [0.717, 1.165) is 6.26 Å². The van der Waals surface area contributed by atoms with Crippen molar-refractivity contribution in [3.05, 3.63) is 39.4 Å². The number of hydrogen-bond acceptors (Lipinski definition) is 7. The maximum absolute atomic E-state index is 11.3. The van der Waals surface area contributed by atoms with E-state index >= 15 is 0 Å². The number of hydrazone groups is 2. The number of benzene rings is 1. The lowest BCUT2D eigenvalue weighted by Gasteiger charge is -2.19. The average Bonchev–Trinajstić information content (AvgIpc) is 2.51. The lowest BCUT2D eigenvalue weighted by molar-refractivity contribution is -0.385. The lowest BCUT2D eigenvalue weighted by atomic mass is 9.93. The molecule has 1 unspecified atom stereocenters. The van der Waals surface area contributed by atoms with Crippen LogP contribution in [0.3, 0.4) is 0 Å². The summed E-state index contributed by atoms with van der Waals surface area (Å²) in [6.45, 7) is 1.78. The molecular formula is C13H16N6O5S. The van der Waals surface area contributed by atoms with E-state index in [1.165, 1.54) is 18.2 Å². The van der Waals surface area contributed by atoms with Crippen LogP contribution in [0.2, 0.25) is 0 Å². The Hall–Kier alpha value is -3.02. The molecule has 12 heteroatoms. The molecule has 1 amide bonds. The van der Waals surface area contributed by atoms with Crippen LogP contribution in [0, 0.1) is 16.0 Å². The van der Waals surface area contributed by atoms with Gasteiger partial charge in [-0.3, -0.25) is 14.9 Å². The normalized spacial score (nSPS) is 18.3. The second-order valence-electron chi connectivity index (χ2n) is 5.49.